The number of anilines is 1. The van der Waals surface area contributed by atoms with Crippen LogP contribution in [0.25, 0.3) is 0 Å². The Morgan fingerprint density at radius 1 is 1.29 bits per heavy atom. The van der Waals surface area contributed by atoms with Crippen molar-refractivity contribution in [2.45, 2.75) is 50.8 Å². The van der Waals surface area contributed by atoms with E-state index in [4.69, 9.17) is 0 Å². The van der Waals surface area contributed by atoms with Gasteiger partial charge in [0.05, 0.1) is 11.5 Å². The third-order valence-corrected chi connectivity index (χ3v) is 6.50. The van der Waals surface area contributed by atoms with Crippen LogP contribution in [0, 0.1) is 10.1 Å². The van der Waals surface area contributed by atoms with Crippen molar-refractivity contribution in [3.8, 4) is 0 Å². The molecule has 1 saturated carbocycles. The lowest BCUT2D eigenvalue weighted by molar-refractivity contribution is -0.384. The van der Waals surface area contributed by atoms with Gasteiger partial charge in [0.1, 0.15) is 0 Å². The lowest BCUT2D eigenvalue weighted by Gasteiger charge is -2.30. The molecule has 0 aliphatic heterocycles. The second kappa shape index (κ2) is 11.6. The van der Waals surface area contributed by atoms with Gasteiger partial charge in [-0.1, -0.05) is 13.3 Å². The molecular formula is C19H31N5O3S. The van der Waals surface area contributed by atoms with Crippen LogP contribution < -0.4 is 16.0 Å². The molecule has 2 rings (SSSR count). The Kier molecular flexibility index (Phi) is 9.19. The fourth-order valence-corrected chi connectivity index (χ4v) is 4.68. The van der Waals surface area contributed by atoms with Crippen molar-refractivity contribution in [1.29, 1.82) is 0 Å². The second-order valence-electron chi connectivity index (χ2n) is 6.79. The minimum atomic E-state index is -0.738. The number of nitrogens with zero attached hydrogens (tertiary/aromatic N) is 2. The Hall–Kier alpha value is -2.16. The van der Waals surface area contributed by atoms with Gasteiger partial charge >= 0.3 is 0 Å². The van der Waals surface area contributed by atoms with E-state index in [0.717, 1.165) is 49.6 Å². The highest BCUT2D eigenvalue weighted by Gasteiger charge is 2.25. The van der Waals surface area contributed by atoms with Gasteiger partial charge in [-0.3, -0.25) is 19.3 Å². The monoisotopic (exact) mass is 409 g/mol. The van der Waals surface area contributed by atoms with Crippen molar-refractivity contribution >= 4 is 28.1 Å². The number of aliphatic imine (C=N–C) groups is 1. The largest absolute Gasteiger partial charge is 0.383 e. The molecule has 0 heterocycles. The Labute approximate surface area is 169 Å². The number of hydrogen-bond donors (Lipinski definition) is 3. The van der Waals surface area contributed by atoms with Crippen molar-refractivity contribution in [3.63, 3.8) is 0 Å². The lowest BCUT2D eigenvalue weighted by Crippen LogP contribution is -2.46. The number of benzene rings is 1. The molecule has 8 nitrogen and oxygen atoms in total. The van der Waals surface area contributed by atoms with Crippen molar-refractivity contribution in [2.75, 3.05) is 30.7 Å². The van der Waals surface area contributed by atoms with Gasteiger partial charge < -0.3 is 16.0 Å². The fourth-order valence-electron chi connectivity index (χ4n) is 3.33. The van der Waals surface area contributed by atoms with Crippen molar-refractivity contribution in [1.82, 2.24) is 10.6 Å². The summed E-state index contributed by atoms with van der Waals surface area (Å²) in [5.41, 5.74) is 0.910. The van der Waals surface area contributed by atoms with E-state index in [-0.39, 0.29) is 10.9 Å². The summed E-state index contributed by atoms with van der Waals surface area (Å²) in [6, 6.07) is 6.66. The summed E-state index contributed by atoms with van der Waals surface area (Å²) in [7, 11) is -0.738. The Morgan fingerprint density at radius 2 is 2.04 bits per heavy atom. The van der Waals surface area contributed by atoms with Crippen LogP contribution in [0.5, 0.6) is 0 Å². The molecule has 1 aromatic carbocycles. The summed E-state index contributed by atoms with van der Waals surface area (Å²) < 4.78 is 12.1. The van der Waals surface area contributed by atoms with Crippen LogP contribution in [0.3, 0.4) is 0 Å². The zero-order chi connectivity index (χ0) is 20.4. The highest BCUT2D eigenvalue weighted by Crippen LogP contribution is 2.23. The van der Waals surface area contributed by atoms with E-state index < -0.39 is 15.7 Å². The second-order valence-corrected chi connectivity index (χ2v) is 8.80. The molecule has 3 atom stereocenters. The van der Waals surface area contributed by atoms with Gasteiger partial charge in [0.25, 0.3) is 5.69 Å². The van der Waals surface area contributed by atoms with Gasteiger partial charge in [0.15, 0.2) is 5.96 Å². The van der Waals surface area contributed by atoms with Crippen LogP contribution in [0.1, 0.15) is 39.5 Å². The van der Waals surface area contributed by atoms with E-state index >= 15 is 0 Å². The molecule has 3 unspecified atom stereocenters. The molecule has 28 heavy (non-hydrogen) atoms. The molecule has 0 radical (unpaired) electrons. The van der Waals surface area contributed by atoms with E-state index in [2.05, 4.69) is 20.9 Å². The average molecular weight is 410 g/mol. The van der Waals surface area contributed by atoms with Crippen LogP contribution in [0.15, 0.2) is 29.3 Å². The number of nitro groups is 1. The zero-order valence-electron chi connectivity index (χ0n) is 16.6. The summed E-state index contributed by atoms with van der Waals surface area (Å²) in [6.45, 7) is 5.99. The smallest absolute Gasteiger partial charge is 0.269 e. The Balaban J connectivity index is 1.82. The fraction of sp³-hybridized carbons (Fsp3) is 0.632. The van der Waals surface area contributed by atoms with Gasteiger partial charge in [-0.25, -0.2) is 0 Å². The van der Waals surface area contributed by atoms with Gasteiger partial charge in [0.2, 0.25) is 0 Å². The maximum Gasteiger partial charge on any atom is 0.269 e. The van der Waals surface area contributed by atoms with Crippen LogP contribution in [0.2, 0.25) is 0 Å². The van der Waals surface area contributed by atoms with Crippen molar-refractivity contribution in [2.24, 2.45) is 4.99 Å². The molecular weight excluding hydrogens is 378 g/mol. The van der Waals surface area contributed by atoms with E-state index in [0.29, 0.717) is 19.1 Å². The molecule has 1 aliphatic rings. The number of rotatable bonds is 9. The molecule has 3 N–H and O–H groups in total. The maximum atomic E-state index is 12.1. The summed E-state index contributed by atoms with van der Waals surface area (Å²) >= 11 is 0. The maximum absolute atomic E-state index is 12.1. The zero-order valence-corrected chi connectivity index (χ0v) is 17.5. The number of guanidine groups is 1. The molecule has 0 spiro atoms. The molecule has 0 saturated heterocycles. The van der Waals surface area contributed by atoms with E-state index in [1.54, 1.807) is 12.1 Å². The van der Waals surface area contributed by atoms with E-state index in [1.165, 1.54) is 12.1 Å². The summed E-state index contributed by atoms with van der Waals surface area (Å²) in [5.74, 6) is 1.50. The molecule has 0 amide bonds. The number of nitrogens with one attached hydrogen (secondary N) is 3. The van der Waals surface area contributed by atoms with E-state index in [1.807, 2.05) is 13.8 Å². The normalized spacial score (nSPS) is 21.0. The van der Waals surface area contributed by atoms with Crippen molar-refractivity contribution in [3.05, 3.63) is 34.4 Å². The van der Waals surface area contributed by atoms with Gasteiger partial charge in [0, 0.05) is 58.8 Å². The number of non-ortho nitro benzene ring substituents is 1. The molecule has 1 fully saturated rings. The molecule has 156 valence electrons. The molecule has 1 aliphatic carbocycles. The molecule has 0 aromatic heterocycles. The number of hydrogen-bond acceptors (Lipinski definition) is 5. The first-order chi connectivity index (χ1) is 13.5. The Morgan fingerprint density at radius 3 is 2.68 bits per heavy atom. The first kappa shape index (κ1) is 22.1. The van der Waals surface area contributed by atoms with Crippen LogP contribution >= 0.6 is 0 Å². The summed E-state index contributed by atoms with van der Waals surface area (Å²) in [6.07, 6.45) is 4.13. The lowest BCUT2D eigenvalue weighted by atomic mass is 9.95. The molecule has 9 heteroatoms. The molecule has 0 bridgehead atoms. The minimum Gasteiger partial charge on any atom is -0.383 e. The molecule has 1 aromatic rings. The topological polar surface area (TPSA) is 109 Å². The van der Waals surface area contributed by atoms with Crippen LogP contribution in [0.4, 0.5) is 11.4 Å². The highest BCUT2D eigenvalue weighted by molar-refractivity contribution is 7.85. The number of nitro benzene ring substituents is 1. The third kappa shape index (κ3) is 7.10. The third-order valence-electron chi connectivity index (χ3n) is 4.76. The first-order valence-electron chi connectivity index (χ1n) is 9.93. The van der Waals surface area contributed by atoms with E-state index in [9.17, 15) is 14.3 Å². The van der Waals surface area contributed by atoms with Gasteiger partial charge in [-0.05, 0) is 38.3 Å². The summed E-state index contributed by atoms with van der Waals surface area (Å²) in [5, 5.41) is 20.9. The van der Waals surface area contributed by atoms with Crippen LogP contribution in [-0.2, 0) is 10.8 Å². The van der Waals surface area contributed by atoms with Crippen molar-refractivity contribution < 1.29 is 9.13 Å². The first-order valence-corrected chi connectivity index (χ1v) is 11.3. The van der Waals surface area contributed by atoms with Gasteiger partial charge in [-0.2, -0.15) is 0 Å². The quantitative estimate of drug-likeness (QED) is 0.190. The predicted molar refractivity (Wildman–Crippen MR) is 115 cm³/mol. The van der Waals surface area contributed by atoms with Gasteiger partial charge in [-0.15, -0.1) is 0 Å². The van der Waals surface area contributed by atoms with Crippen LogP contribution in [-0.4, -0.2) is 51.8 Å². The minimum absolute atomic E-state index is 0.0805. The predicted octanol–water partition coefficient (Wildman–Crippen LogP) is 2.64. The average Bonchev–Trinajstić information content (AvgIpc) is 2.71. The standard InChI is InChI=1S/C19H31N5O3S/c1-3-20-19(23-16-6-5-7-18(14-16)28(27)4-2)22-13-12-21-15-8-10-17(11-9-15)24(25)26/h8-11,16,18,21H,3-7,12-14H2,1-2H3,(H2,20,22,23). The Bertz CT molecular complexity index is 681. The SMILES string of the molecule is CCNC(=NCCNc1ccc([N+](=O)[O-])cc1)NC1CCCC(S(=O)CC)C1. The summed E-state index contributed by atoms with van der Waals surface area (Å²) in [4.78, 5) is 14.9. The highest BCUT2D eigenvalue weighted by atomic mass is 32.2.